The lowest BCUT2D eigenvalue weighted by atomic mass is 10.0. The Kier molecular flexibility index (Phi) is 8.09. The van der Waals surface area contributed by atoms with E-state index in [2.05, 4.69) is 5.32 Å². The highest BCUT2D eigenvalue weighted by Crippen LogP contribution is 2.14. The summed E-state index contributed by atoms with van der Waals surface area (Å²) in [5.41, 5.74) is 0.601. The van der Waals surface area contributed by atoms with E-state index in [1.165, 1.54) is 19.1 Å². The molecule has 0 bridgehead atoms. The smallest absolute Gasteiger partial charge is 0.329 e. The van der Waals surface area contributed by atoms with E-state index in [9.17, 15) is 18.8 Å². The lowest BCUT2D eigenvalue weighted by molar-refractivity contribution is -0.149. The van der Waals surface area contributed by atoms with E-state index in [0.717, 1.165) is 12.1 Å². The fourth-order valence-corrected chi connectivity index (χ4v) is 2.74. The molecule has 0 aliphatic rings. The van der Waals surface area contributed by atoms with Crippen molar-refractivity contribution >= 4 is 17.7 Å². The van der Waals surface area contributed by atoms with Gasteiger partial charge in [-0.1, -0.05) is 13.8 Å². The summed E-state index contributed by atoms with van der Waals surface area (Å²) in [6, 6.07) is 10.6. The summed E-state index contributed by atoms with van der Waals surface area (Å²) in [6.45, 7) is 7.34. The van der Waals surface area contributed by atoms with Crippen molar-refractivity contribution in [2.45, 2.75) is 39.8 Å². The Balaban J connectivity index is 2.03. The van der Waals surface area contributed by atoms with Crippen molar-refractivity contribution < 1.29 is 28.2 Å². The molecule has 2 rings (SSSR count). The van der Waals surface area contributed by atoms with E-state index in [4.69, 9.17) is 9.47 Å². The molecule has 0 heterocycles. The molecular formula is C23H26FNO5. The summed E-state index contributed by atoms with van der Waals surface area (Å²) < 4.78 is 23.7. The third-order valence-electron chi connectivity index (χ3n) is 4.43. The van der Waals surface area contributed by atoms with Gasteiger partial charge in [0.05, 0.1) is 6.61 Å². The minimum atomic E-state index is -1.08. The zero-order valence-corrected chi connectivity index (χ0v) is 17.5. The largest absolute Gasteiger partial charge is 0.494 e. The standard InChI is InChI=1S/C23H26FNO5/c1-5-29-19-12-8-17(9-13-19)22(27)25-20(14(2)3)23(28)30-15(4)21(26)16-6-10-18(24)11-7-16/h6-15,20H,5H2,1-4H3,(H,25,27)/t15-,20+/m1/s1. The third kappa shape index (κ3) is 6.14. The molecule has 1 N–H and O–H groups in total. The highest BCUT2D eigenvalue weighted by Gasteiger charge is 2.29. The van der Waals surface area contributed by atoms with Crippen molar-refractivity contribution in [1.29, 1.82) is 0 Å². The molecule has 0 aromatic heterocycles. The Bertz CT molecular complexity index is 877. The highest BCUT2D eigenvalue weighted by atomic mass is 19.1. The van der Waals surface area contributed by atoms with E-state index >= 15 is 0 Å². The van der Waals surface area contributed by atoms with Crippen molar-refractivity contribution in [2.24, 2.45) is 5.92 Å². The molecular weight excluding hydrogens is 389 g/mol. The van der Waals surface area contributed by atoms with Crippen LogP contribution >= 0.6 is 0 Å². The van der Waals surface area contributed by atoms with Crippen LogP contribution < -0.4 is 10.1 Å². The van der Waals surface area contributed by atoms with Gasteiger partial charge in [-0.05, 0) is 68.3 Å². The second-order valence-corrected chi connectivity index (χ2v) is 7.10. The molecule has 1 amide bonds. The monoisotopic (exact) mass is 415 g/mol. The number of benzene rings is 2. The molecule has 0 unspecified atom stereocenters. The van der Waals surface area contributed by atoms with Gasteiger partial charge in [-0.25, -0.2) is 9.18 Å². The van der Waals surface area contributed by atoms with E-state index < -0.39 is 35.6 Å². The minimum Gasteiger partial charge on any atom is -0.494 e. The Morgan fingerprint density at radius 1 is 0.933 bits per heavy atom. The lowest BCUT2D eigenvalue weighted by Crippen LogP contribution is -2.46. The molecule has 0 fully saturated rings. The van der Waals surface area contributed by atoms with Crippen LogP contribution in [0.25, 0.3) is 0 Å². The van der Waals surface area contributed by atoms with Gasteiger partial charge in [-0.2, -0.15) is 0 Å². The summed E-state index contributed by atoms with van der Waals surface area (Å²) in [7, 11) is 0. The van der Waals surface area contributed by atoms with Crippen LogP contribution in [0.4, 0.5) is 4.39 Å². The molecule has 160 valence electrons. The van der Waals surface area contributed by atoms with Gasteiger partial charge in [0.15, 0.2) is 6.10 Å². The average Bonchev–Trinajstić information content (AvgIpc) is 2.72. The van der Waals surface area contributed by atoms with Crippen molar-refractivity contribution in [3.05, 3.63) is 65.5 Å². The van der Waals surface area contributed by atoms with Crippen molar-refractivity contribution in [2.75, 3.05) is 6.61 Å². The molecule has 0 saturated carbocycles. The Morgan fingerprint density at radius 2 is 1.50 bits per heavy atom. The number of carbonyl (C=O) groups is 3. The molecule has 0 aliphatic carbocycles. The van der Waals surface area contributed by atoms with E-state index in [1.54, 1.807) is 38.1 Å². The summed E-state index contributed by atoms with van der Waals surface area (Å²) in [6.07, 6.45) is -1.08. The first-order valence-electron chi connectivity index (χ1n) is 9.77. The van der Waals surface area contributed by atoms with Crippen LogP contribution in [-0.4, -0.2) is 36.4 Å². The van der Waals surface area contributed by atoms with Gasteiger partial charge in [0.1, 0.15) is 17.6 Å². The van der Waals surface area contributed by atoms with Gasteiger partial charge in [-0.15, -0.1) is 0 Å². The quantitative estimate of drug-likeness (QED) is 0.498. The maximum atomic E-state index is 13.0. The fraction of sp³-hybridized carbons (Fsp3) is 0.348. The van der Waals surface area contributed by atoms with Crippen LogP contribution in [0.3, 0.4) is 0 Å². The summed E-state index contributed by atoms with van der Waals surface area (Å²) >= 11 is 0. The molecule has 0 aliphatic heterocycles. The Hall–Kier alpha value is -3.22. The Labute approximate surface area is 175 Å². The van der Waals surface area contributed by atoms with Crippen molar-refractivity contribution in [3.63, 3.8) is 0 Å². The average molecular weight is 415 g/mol. The summed E-state index contributed by atoms with van der Waals surface area (Å²) in [5, 5.41) is 2.66. The number of amides is 1. The van der Waals surface area contributed by atoms with Gasteiger partial charge in [-0.3, -0.25) is 9.59 Å². The number of halogens is 1. The van der Waals surface area contributed by atoms with Crippen LogP contribution in [0.2, 0.25) is 0 Å². The van der Waals surface area contributed by atoms with Gasteiger partial charge >= 0.3 is 5.97 Å². The Morgan fingerprint density at radius 3 is 2.03 bits per heavy atom. The second kappa shape index (κ2) is 10.5. The number of carbonyl (C=O) groups excluding carboxylic acids is 3. The first-order chi connectivity index (χ1) is 14.2. The molecule has 6 nitrogen and oxygen atoms in total. The first-order valence-corrected chi connectivity index (χ1v) is 9.77. The van der Waals surface area contributed by atoms with Crippen LogP contribution in [0.15, 0.2) is 48.5 Å². The summed E-state index contributed by atoms with van der Waals surface area (Å²) in [4.78, 5) is 37.6. The predicted octanol–water partition coefficient (Wildman–Crippen LogP) is 3.79. The lowest BCUT2D eigenvalue weighted by Gasteiger charge is -2.23. The van der Waals surface area contributed by atoms with Crippen LogP contribution in [-0.2, 0) is 9.53 Å². The number of ether oxygens (including phenoxy) is 2. The number of ketones is 1. The summed E-state index contributed by atoms with van der Waals surface area (Å²) in [5.74, 6) is -1.70. The molecule has 2 aromatic carbocycles. The molecule has 30 heavy (non-hydrogen) atoms. The maximum absolute atomic E-state index is 13.0. The van der Waals surface area contributed by atoms with E-state index in [0.29, 0.717) is 17.9 Å². The van der Waals surface area contributed by atoms with Crippen LogP contribution in [0, 0.1) is 11.7 Å². The van der Waals surface area contributed by atoms with Gasteiger partial charge in [0.25, 0.3) is 5.91 Å². The predicted molar refractivity (Wildman–Crippen MR) is 110 cm³/mol. The number of hydrogen-bond acceptors (Lipinski definition) is 5. The fourth-order valence-electron chi connectivity index (χ4n) is 2.74. The van der Waals surface area contributed by atoms with E-state index in [1.807, 2.05) is 6.92 Å². The minimum absolute atomic E-state index is 0.233. The topological polar surface area (TPSA) is 81.7 Å². The van der Waals surface area contributed by atoms with E-state index in [-0.39, 0.29) is 11.5 Å². The van der Waals surface area contributed by atoms with Crippen LogP contribution in [0.5, 0.6) is 5.75 Å². The van der Waals surface area contributed by atoms with Gasteiger partial charge in [0, 0.05) is 11.1 Å². The molecule has 7 heteroatoms. The van der Waals surface area contributed by atoms with Gasteiger partial charge < -0.3 is 14.8 Å². The SMILES string of the molecule is CCOc1ccc(C(=O)N[C@H](C(=O)O[C@H](C)C(=O)c2ccc(F)cc2)C(C)C)cc1. The van der Waals surface area contributed by atoms with Crippen molar-refractivity contribution in [1.82, 2.24) is 5.32 Å². The number of nitrogens with one attached hydrogen (secondary N) is 1. The highest BCUT2D eigenvalue weighted by molar-refractivity contribution is 6.01. The molecule has 2 aromatic rings. The van der Waals surface area contributed by atoms with Crippen molar-refractivity contribution in [3.8, 4) is 5.75 Å². The number of rotatable bonds is 9. The normalized spacial score (nSPS) is 12.7. The van der Waals surface area contributed by atoms with Crippen LogP contribution in [0.1, 0.15) is 48.4 Å². The zero-order valence-electron chi connectivity index (χ0n) is 17.5. The molecule has 2 atom stereocenters. The second-order valence-electron chi connectivity index (χ2n) is 7.10. The molecule has 0 radical (unpaired) electrons. The first kappa shape index (κ1) is 23.1. The third-order valence-corrected chi connectivity index (χ3v) is 4.43. The molecule has 0 saturated heterocycles. The number of Topliss-reactive ketones (excluding diaryl/α,β-unsaturated/α-hetero) is 1. The van der Waals surface area contributed by atoms with Gasteiger partial charge in [0.2, 0.25) is 5.78 Å². The zero-order chi connectivity index (χ0) is 22.3. The maximum Gasteiger partial charge on any atom is 0.329 e. The molecule has 0 spiro atoms. The number of hydrogen-bond donors (Lipinski definition) is 1. The number of esters is 1.